The number of sulfonamides is 1. The van der Waals surface area contributed by atoms with Crippen molar-refractivity contribution in [3.8, 4) is 11.5 Å². The van der Waals surface area contributed by atoms with Gasteiger partial charge in [0, 0.05) is 12.6 Å². The van der Waals surface area contributed by atoms with E-state index < -0.39 is 28.5 Å². The molecular formula is C31H39N3O6S. The average Bonchev–Trinajstić information content (AvgIpc) is 2.99. The second-order valence-electron chi connectivity index (χ2n) is 9.62. The number of anilines is 1. The Hall–Kier alpha value is -4.05. The fraction of sp³-hybridized carbons (Fsp3) is 0.355. The van der Waals surface area contributed by atoms with E-state index in [9.17, 15) is 18.0 Å². The van der Waals surface area contributed by atoms with Crippen molar-refractivity contribution < 1.29 is 27.5 Å². The summed E-state index contributed by atoms with van der Waals surface area (Å²) in [5, 5.41) is 2.93. The summed E-state index contributed by atoms with van der Waals surface area (Å²) < 4.78 is 39.5. The van der Waals surface area contributed by atoms with Crippen molar-refractivity contribution in [3.05, 3.63) is 84.4 Å². The smallest absolute Gasteiger partial charge is 0.264 e. The molecule has 41 heavy (non-hydrogen) atoms. The van der Waals surface area contributed by atoms with Crippen molar-refractivity contribution in [1.82, 2.24) is 10.2 Å². The summed E-state index contributed by atoms with van der Waals surface area (Å²) >= 11 is 0. The molecule has 0 unspecified atom stereocenters. The fourth-order valence-electron chi connectivity index (χ4n) is 4.10. The quantitative estimate of drug-likeness (QED) is 0.298. The number of benzene rings is 3. The van der Waals surface area contributed by atoms with Gasteiger partial charge in [-0.2, -0.15) is 0 Å². The van der Waals surface area contributed by atoms with E-state index in [1.165, 1.54) is 17.0 Å². The lowest BCUT2D eigenvalue weighted by Crippen LogP contribution is -2.52. The van der Waals surface area contributed by atoms with E-state index in [1.807, 2.05) is 32.9 Å². The van der Waals surface area contributed by atoms with E-state index in [-0.39, 0.29) is 23.4 Å². The number of carbonyl (C=O) groups is 2. The van der Waals surface area contributed by atoms with Crippen LogP contribution in [0.15, 0.2) is 83.8 Å². The molecule has 220 valence electrons. The van der Waals surface area contributed by atoms with Gasteiger partial charge in [0.1, 0.15) is 24.1 Å². The topological polar surface area (TPSA) is 105 Å². The van der Waals surface area contributed by atoms with Gasteiger partial charge in [0.2, 0.25) is 11.8 Å². The predicted molar refractivity (Wildman–Crippen MR) is 159 cm³/mol. The second kappa shape index (κ2) is 14.5. The number of methoxy groups -OCH3 is 1. The minimum Gasteiger partial charge on any atom is -0.497 e. The Bertz CT molecular complexity index is 1380. The molecule has 2 amide bonds. The van der Waals surface area contributed by atoms with Crippen LogP contribution < -0.4 is 19.1 Å². The molecule has 0 heterocycles. The molecule has 0 aliphatic heterocycles. The monoisotopic (exact) mass is 581 g/mol. The van der Waals surface area contributed by atoms with E-state index >= 15 is 0 Å². The molecule has 0 spiro atoms. The molecule has 0 aliphatic rings. The lowest BCUT2D eigenvalue weighted by atomic mass is 10.1. The summed E-state index contributed by atoms with van der Waals surface area (Å²) in [6.07, 6.45) is 0.728. The molecule has 0 bridgehead atoms. The Morgan fingerprint density at radius 1 is 0.878 bits per heavy atom. The summed E-state index contributed by atoms with van der Waals surface area (Å²) in [7, 11) is -2.57. The predicted octanol–water partition coefficient (Wildman–Crippen LogP) is 4.62. The van der Waals surface area contributed by atoms with Crippen molar-refractivity contribution >= 4 is 27.5 Å². The Labute approximate surface area is 243 Å². The lowest BCUT2D eigenvalue weighted by molar-refractivity contribution is -0.139. The molecule has 2 atom stereocenters. The minimum absolute atomic E-state index is 0.0472. The molecule has 3 aromatic rings. The average molecular weight is 582 g/mol. The molecule has 3 aromatic carbocycles. The Morgan fingerprint density at radius 2 is 1.49 bits per heavy atom. The normalized spacial score (nSPS) is 12.6. The van der Waals surface area contributed by atoms with Gasteiger partial charge in [0.25, 0.3) is 10.0 Å². The van der Waals surface area contributed by atoms with Crippen LogP contribution in [0.4, 0.5) is 5.69 Å². The number of carbonyl (C=O) groups excluding carboxylic acids is 2. The highest BCUT2D eigenvalue weighted by atomic mass is 32.2. The molecule has 0 fully saturated rings. The van der Waals surface area contributed by atoms with Crippen molar-refractivity contribution in [1.29, 1.82) is 0 Å². The SMILES string of the molecule is CCOc1ccc(N(CC(=O)N(Cc2ccc(OC)cc2)[C@@H](C)C(=O)N[C@@H](C)CC)S(=O)(=O)c2ccccc2)cc1. The van der Waals surface area contributed by atoms with E-state index in [0.717, 1.165) is 16.3 Å². The summed E-state index contributed by atoms with van der Waals surface area (Å²) in [5.74, 6) is 0.390. The molecule has 1 N–H and O–H groups in total. The van der Waals surface area contributed by atoms with Crippen molar-refractivity contribution in [2.45, 2.75) is 57.6 Å². The van der Waals surface area contributed by atoms with Gasteiger partial charge in [-0.1, -0.05) is 37.3 Å². The van der Waals surface area contributed by atoms with Crippen molar-refractivity contribution in [2.24, 2.45) is 0 Å². The summed E-state index contributed by atoms with van der Waals surface area (Å²) in [4.78, 5) is 28.6. The fourth-order valence-corrected chi connectivity index (χ4v) is 5.53. The van der Waals surface area contributed by atoms with Crippen LogP contribution in [0.5, 0.6) is 11.5 Å². The summed E-state index contributed by atoms with van der Waals surface area (Å²) in [6.45, 7) is 7.39. The van der Waals surface area contributed by atoms with Gasteiger partial charge >= 0.3 is 0 Å². The first-order valence-electron chi connectivity index (χ1n) is 13.6. The maximum atomic E-state index is 14.0. The van der Waals surface area contributed by atoms with Gasteiger partial charge < -0.3 is 19.7 Å². The van der Waals surface area contributed by atoms with Crippen LogP contribution in [0.1, 0.15) is 39.7 Å². The van der Waals surface area contributed by atoms with Crippen LogP contribution in [0.3, 0.4) is 0 Å². The van der Waals surface area contributed by atoms with Crippen molar-refractivity contribution in [3.63, 3.8) is 0 Å². The first kappa shape index (κ1) is 31.5. The largest absolute Gasteiger partial charge is 0.497 e. The number of rotatable bonds is 14. The molecule has 0 aliphatic carbocycles. The second-order valence-corrected chi connectivity index (χ2v) is 11.5. The number of hydrogen-bond acceptors (Lipinski definition) is 6. The van der Waals surface area contributed by atoms with E-state index in [1.54, 1.807) is 68.6 Å². The number of nitrogens with one attached hydrogen (secondary N) is 1. The van der Waals surface area contributed by atoms with Crippen LogP contribution in [-0.4, -0.2) is 57.5 Å². The lowest BCUT2D eigenvalue weighted by Gasteiger charge is -2.32. The maximum Gasteiger partial charge on any atom is 0.264 e. The zero-order valence-corrected chi connectivity index (χ0v) is 25.1. The van der Waals surface area contributed by atoms with Gasteiger partial charge in [-0.15, -0.1) is 0 Å². The first-order valence-corrected chi connectivity index (χ1v) is 15.1. The highest BCUT2D eigenvalue weighted by molar-refractivity contribution is 7.92. The molecule has 9 nitrogen and oxygen atoms in total. The molecule has 0 aromatic heterocycles. The molecular weight excluding hydrogens is 542 g/mol. The number of hydrogen-bond donors (Lipinski definition) is 1. The van der Waals surface area contributed by atoms with E-state index in [2.05, 4.69) is 5.32 Å². The molecule has 0 saturated carbocycles. The van der Waals surface area contributed by atoms with E-state index in [4.69, 9.17) is 9.47 Å². The Morgan fingerprint density at radius 3 is 2.05 bits per heavy atom. The third-order valence-electron chi connectivity index (χ3n) is 6.73. The minimum atomic E-state index is -4.13. The first-order chi connectivity index (χ1) is 19.6. The molecule has 10 heteroatoms. The van der Waals surface area contributed by atoms with Crippen LogP contribution in [0.2, 0.25) is 0 Å². The van der Waals surface area contributed by atoms with E-state index in [0.29, 0.717) is 23.8 Å². The van der Waals surface area contributed by atoms with Crippen molar-refractivity contribution in [2.75, 3.05) is 24.6 Å². The molecule has 0 saturated heterocycles. The summed E-state index contributed by atoms with van der Waals surface area (Å²) in [5.41, 5.74) is 1.06. The highest BCUT2D eigenvalue weighted by Gasteiger charge is 2.32. The van der Waals surface area contributed by atoms with Gasteiger partial charge in [0.05, 0.1) is 24.3 Å². The highest BCUT2D eigenvalue weighted by Crippen LogP contribution is 2.27. The Kier molecular flexibility index (Phi) is 11.2. The third-order valence-corrected chi connectivity index (χ3v) is 8.51. The van der Waals surface area contributed by atoms with Gasteiger partial charge in [-0.3, -0.25) is 13.9 Å². The number of ether oxygens (including phenoxy) is 2. The van der Waals surface area contributed by atoms with Gasteiger partial charge in [-0.25, -0.2) is 8.42 Å². The van der Waals surface area contributed by atoms with Crippen LogP contribution in [0.25, 0.3) is 0 Å². The van der Waals surface area contributed by atoms with Crippen LogP contribution >= 0.6 is 0 Å². The van der Waals surface area contributed by atoms with Crippen LogP contribution in [0, 0.1) is 0 Å². The molecule has 3 rings (SSSR count). The van der Waals surface area contributed by atoms with Gasteiger partial charge in [0.15, 0.2) is 0 Å². The van der Waals surface area contributed by atoms with Crippen LogP contribution in [-0.2, 0) is 26.2 Å². The number of amides is 2. The Balaban J connectivity index is 2.01. The maximum absolute atomic E-state index is 14.0. The zero-order valence-electron chi connectivity index (χ0n) is 24.2. The third kappa shape index (κ3) is 8.23. The molecule has 0 radical (unpaired) electrons. The number of nitrogens with zero attached hydrogens (tertiary/aromatic N) is 2. The standard InChI is InChI=1S/C31H39N3O6S/c1-6-23(3)32-31(36)24(4)33(21-25-13-17-27(39-5)18-14-25)30(35)22-34(26-15-19-28(20-16-26)40-7-2)41(37,38)29-11-9-8-10-12-29/h8-20,23-24H,6-7,21-22H2,1-5H3,(H,32,36)/t23-,24-/m0/s1. The summed E-state index contributed by atoms with van der Waals surface area (Å²) in [6, 6.07) is 20.7. The zero-order chi connectivity index (χ0) is 30.0. The van der Waals surface area contributed by atoms with Gasteiger partial charge in [-0.05, 0) is 81.3 Å².